The molecule has 1 rings (SSSR count). The average molecular weight is 271 g/mol. The third kappa shape index (κ3) is 4.10. The van der Waals surface area contributed by atoms with E-state index in [9.17, 15) is 0 Å². The minimum absolute atomic E-state index is 0.528. The number of nitrogens with zero attached hydrogens (tertiary/aromatic N) is 3. The van der Waals surface area contributed by atoms with E-state index in [0.717, 1.165) is 30.9 Å². The van der Waals surface area contributed by atoms with E-state index in [0.29, 0.717) is 17.0 Å². The van der Waals surface area contributed by atoms with E-state index < -0.39 is 0 Å². The summed E-state index contributed by atoms with van der Waals surface area (Å²) >= 11 is 6.03. The molecule has 18 heavy (non-hydrogen) atoms. The molecule has 1 atom stereocenters. The van der Waals surface area contributed by atoms with Crippen molar-refractivity contribution >= 4 is 17.4 Å². The van der Waals surface area contributed by atoms with Crippen LogP contribution in [0.4, 0.5) is 5.82 Å². The van der Waals surface area contributed by atoms with Crippen LogP contribution in [-0.4, -0.2) is 41.0 Å². The number of hydrogen-bond acceptors (Lipinski definition) is 4. The van der Waals surface area contributed by atoms with E-state index in [2.05, 4.69) is 41.1 Å². The maximum atomic E-state index is 6.03. The van der Waals surface area contributed by atoms with Crippen molar-refractivity contribution in [1.29, 1.82) is 0 Å². The number of halogens is 1. The summed E-state index contributed by atoms with van der Waals surface area (Å²) in [4.78, 5) is 10.8. The molecule has 0 fully saturated rings. The lowest BCUT2D eigenvalue weighted by Crippen LogP contribution is -2.32. The summed E-state index contributed by atoms with van der Waals surface area (Å²) in [5, 5.41) is 3.86. The smallest absolute Gasteiger partial charge is 0.137 e. The number of rotatable bonds is 6. The molecule has 0 saturated heterocycles. The summed E-state index contributed by atoms with van der Waals surface area (Å²) in [6, 6.07) is 0.601. The molecule has 0 aliphatic carbocycles. The van der Waals surface area contributed by atoms with Crippen LogP contribution >= 0.6 is 11.6 Å². The number of anilines is 1. The molecular formula is C13H23ClN4. The van der Waals surface area contributed by atoms with Gasteiger partial charge in [0.15, 0.2) is 0 Å². The standard InChI is InChI=1S/C13H23ClN4/c1-6-9(2)18(5)8-7-15-13-10(3)12(14)16-11(4)17-13/h9H,6-8H2,1-5H3,(H,15,16,17). The Balaban J connectivity index is 2.54. The molecule has 0 amide bonds. The van der Waals surface area contributed by atoms with E-state index in [-0.39, 0.29) is 0 Å². The van der Waals surface area contributed by atoms with Crippen molar-refractivity contribution in [3.63, 3.8) is 0 Å². The Labute approximate surface area is 115 Å². The van der Waals surface area contributed by atoms with Gasteiger partial charge in [0.1, 0.15) is 16.8 Å². The van der Waals surface area contributed by atoms with Gasteiger partial charge in [-0.1, -0.05) is 18.5 Å². The lowest BCUT2D eigenvalue weighted by Gasteiger charge is -2.23. The zero-order chi connectivity index (χ0) is 13.7. The first-order valence-electron chi connectivity index (χ1n) is 6.40. The van der Waals surface area contributed by atoms with E-state index >= 15 is 0 Å². The molecule has 1 aromatic heterocycles. The van der Waals surface area contributed by atoms with Crippen molar-refractivity contribution < 1.29 is 0 Å². The van der Waals surface area contributed by atoms with Gasteiger partial charge in [-0.25, -0.2) is 9.97 Å². The largest absolute Gasteiger partial charge is 0.368 e. The van der Waals surface area contributed by atoms with Crippen LogP contribution in [0.15, 0.2) is 0 Å². The zero-order valence-electron chi connectivity index (χ0n) is 11.9. The predicted molar refractivity (Wildman–Crippen MR) is 77.4 cm³/mol. The molecule has 1 N–H and O–H groups in total. The van der Waals surface area contributed by atoms with Gasteiger partial charge in [0, 0.05) is 24.7 Å². The Morgan fingerprint density at radius 3 is 2.61 bits per heavy atom. The maximum absolute atomic E-state index is 6.03. The van der Waals surface area contributed by atoms with Gasteiger partial charge in [0.25, 0.3) is 0 Å². The van der Waals surface area contributed by atoms with Crippen LogP contribution in [-0.2, 0) is 0 Å². The van der Waals surface area contributed by atoms with Gasteiger partial charge >= 0.3 is 0 Å². The molecule has 0 radical (unpaired) electrons. The second-order valence-corrected chi connectivity index (χ2v) is 5.06. The molecule has 0 spiro atoms. The Morgan fingerprint density at radius 1 is 1.33 bits per heavy atom. The van der Waals surface area contributed by atoms with Gasteiger partial charge in [-0.05, 0) is 34.2 Å². The highest BCUT2D eigenvalue weighted by Gasteiger charge is 2.09. The number of aromatic nitrogens is 2. The summed E-state index contributed by atoms with van der Waals surface area (Å²) in [6.07, 6.45) is 1.16. The first kappa shape index (κ1) is 15.2. The normalized spacial score (nSPS) is 12.8. The lowest BCUT2D eigenvalue weighted by molar-refractivity contribution is 0.261. The number of nitrogens with one attached hydrogen (secondary N) is 1. The molecule has 0 bridgehead atoms. The van der Waals surface area contributed by atoms with Crippen molar-refractivity contribution in [1.82, 2.24) is 14.9 Å². The highest BCUT2D eigenvalue weighted by molar-refractivity contribution is 6.30. The second-order valence-electron chi connectivity index (χ2n) is 4.70. The highest BCUT2D eigenvalue weighted by Crippen LogP contribution is 2.19. The quantitative estimate of drug-likeness (QED) is 0.807. The number of hydrogen-bond donors (Lipinski definition) is 1. The summed E-state index contributed by atoms with van der Waals surface area (Å²) in [5.41, 5.74) is 0.911. The number of aryl methyl sites for hydroxylation is 1. The highest BCUT2D eigenvalue weighted by atomic mass is 35.5. The van der Waals surface area contributed by atoms with E-state index in [4.69, 9.17) is 11.6 Å². The molecule has 5 heteroatoms. The topological polar surface area (TPSA) is 41.0 Å². The van der Waals surface area contributed by atoms with E-state index in [1.54, 1.807) is 0 Å². The molecule has 1 heterocycles. The van der Waals surface area contributed by atoms with Crippen LogP contribution in [0.3, 0.4) is 0 Å². The van der Waals surface area contributed by atoms with Crippen LogP contribution < -0.4 is 5.32 Å². The Hall–Kier alpha value is -0.870. The fourth-order valence-corrected chi connectivity index (χ4v) is 1.86. The molecule has 0 saturated carbocycles. The molecule has 4 nitrogen and oxygen atoms in total. The van der Waals surface area contributed by atoms with Gasteiger partial charge in [-0.3, -0.25) is 0 Å². The summed E-state index contributed by atoms with van der Waals surface area (Å²) in [6.45, 7) is 10.1. The first-order chi connectivity index (χ1) is 8.45. The second kappa shape index (κ2) is 6.90. The summed E-state index contributed by atoms with van der Waals surface area (Å²) in [5.74, 6) is 1.54. The Morgan fingerprint density at radius 2 is 2.00 bits per heavy atom. The van der Waals surface area contributed by atoms with Crippen LogP contribution in [0, 0.1) is 13.8 Å². The van der Waals surface area contributed by atoms with Gasteiger partial charge in [0.05, 0.1) is 0 Å². The minimum Gasteiger partial charge on any atom is -0.368 e. The van der Waals surface area contributed by atoms with Gasteiger partial charge in [-0.2, -0.15) is 0 Å². The average Bonchev–Trinajstić information content (AvgIpc) is 2.33. The minimum atomic E-state index is 0.528. The Kier molecular flexibility index (Phi) is 5.82. The van der Waals surface area contributed by atoms with Crippen molar-refractivity contribution in [2.24, 2.45) is 0 Å². The van der Waals surface area contributed by atoms with Crippen molar-refractivity contribution in [3.05, 3.63) is 16.5 Å². The van der Waals surface area contributed by atoms with Gasteiger partial charge in [0.2, 0.25) is 0 Å². The third-order valence-corrected chi connectivity index (χ3v) is 3.67. The van der Waals surface area contributed by atoms with Gasteiger partial charge < -0.3 is 10.2 Å². The van der Waals surface area contributed by atoms with Crippen LogP contribution in [0.5, 0.6) is 0 Å². The summed E-state index contributed by atoms with van der Waals surface area (Å²) in [7, 11) is 2.14. The van der Waals surface area contributed by atoms with Crippen LogP contribution in [0.1, 0.15) is 31.7 Å². The van der Waals surface area contributed by atoms with Crippen molar-refractivity contribution in [2.45, 2.75) is 40.2 Å². The molecule has 0 aromatic carbocycles. The van der Waals surface area contributed by atoms with Crippen molar-refractivity contribution in [2.75, 3.05) is 25.5 Å². The van der Waals surface area contributed by atoms with Crippen molar-refractivity contribution in [3.8, 4) is 0 Å². The maximum Gasteiger partial charge on any atom is 0.137 e. The van der Waals surface area contributed by atoms with Crippen LogP contribution in [0.25, 0.3) is 0 Å². The Bertz CT molecular complexity index is 395. The SMILES string of the molecule is CCC(C)N(C)CCNc1nc(C)nc(Cl)c1C. The molecule has 1 unspecified atom stereocenters. The fraction of sp³-hybridized carbons (Fsp3) is 0.692. The monoisotopic (exact) mass is 270 g/mol. The van der Waals surface area contributed by atoms with E-state index in [1.165, 1.54) is 0 Å². The predicted octanol–water partition coefficient (Wildman–Crippen LogP) is 2.89. The molecule has 1 aromatic rings. The zero-order valence-corrected chi connectivity index (χ0v) is 12.7. The molecule has 0 aliphatic rings. The fourth-order valence-electron chi connectivity index (χ4n) is 1.65. The lowest BCUT2D eigenvalue weighted by atomic mass is 10.2. The van der Waals surface area contributed by atoms with Crippen LogP contribution in [0.2, 0.25) is 5.15 Å². The third-order valence-electron chi connectivity index (χ3n) is 3.30. The molecule has 0 aliphatic heterocycles. The van der Waals surface area contributed by atoms with Gasteiger partial charge in [-0.15, -0.1) is 0 Å². The first-order valence-corrected chi connectivity index (χ1v) is 6.78. The summed E-state index contributed by atoms with van der Waals surface area (Å²) < 4.78 is 0. The molecule has 102 valence electrons. The van der Waals surface area contributed by atoms with E-state index in [1.807, 2.05) is 13.8 Å². The molecular weight excluding hydrogens is 248 g/mol. The number of likely N-dealkylation sites (N-methyl/N-ethyl adjacent to an activating group) is 1.